The van der Waals surface area contributed by atoms with E-state index in [1.165, 1.54) is 11.3 Å². The standard InChI is InChI=1S/C22H17N5O3S2/c1-12-3-8-16-17(9-12)32-22(24-16)25-18(28)11-31-21-26-19(15(10-23)20(29)27-21)13-4-6-14(30-2)7-5-13/h3-9H,11H2,1-2H3,(H,24,25,28)(H,26,27,29). The maximum absolute atomic E-state index is 12.4. The number of aromatic nitrogens is 3. The van der Waals surface area contributed by atoms with Crippen LogP contribution in [0.4, 0.5) is 5.13 Å². The van der Waals surface area contributed by atoms with Gasteiger partial charge in [0.25, 0.3) is 5.56 Å². The van der Waals surface area contributed by atoms with Crippen molar-refractivity contribution in [1.82, 2.24) is 15.0 Å². The van der Waals surface area contributed by atoms with Crippen LogP contribution in [-0.4, -0.2) is 33.7 Å². The van der Waals surface area contributed by atoms with Gasteiger partial charge in [0.05, 0.1) is 28.8 Å². The molecule has 2 aromatic heterocycles. The Morgan fingerprint density at radius 3 is 2.75 bits per heavy atom. The van der Waals surface area contributed by atoms with Gasteiger partial charge >= 0.3 is 0 Å². The monoisotopic (exact) mass is 463 g/mol. The number of nitrogens with zero attached hydrogens (tertiary/aromatic N) is 3. The van der Waals surface area contributed by atoms with Crippen LogP contribution in [0.15, 0.2) is 52.4 Å². The van der Waals surface area contributed by atoms with Crippen molar-refractivity contribution in [3.05, 3.63) is 63.9 Å². The number of thiazole rings is 1. The molecule has 2 aromatic carbocycles. The highest BCUT2D eigenvalue weighted by molar-refractivity contribution is 7.99. The molecule has 2 heterocycles. The summed E-state index contributed by atoms with van der Waals surface area (Å²) in [6.45, 7) is 2.00. The molecule has 1 amide bonds. The first-order valence-electron chi connectivity index (χ1n) is 9.45. The van der Waals surface area contributed by atoms with Crippen LogP contribution in [-0.2, 0) is 4.79 Å². The van der Waals surface area contributed by atoms with E-state index >= 15 is 0 Å². The average Bonchev–Trinajstić information content (AvgIpc) is 3.18. The van der Waals surface area contributed by atoms with Crippen molar-refractivity contribution in [2.24, 2.45) is 0 Å². The predicted molar refractivity (Wildman–Crippen MR) is 125 cm³/mol. The summed E-state index contributed by atoms with van der Waals surface area (Å²) in [6, 6.07) is 14.7. The van der Waals surface area contributed by atoms with E-state index in [1.54, 1.807) is 31.4 Å². The molecule has 2 N–H and O–H groups in total. The van der Waals surface area contributed by atoms with E-state index in [9.17, 15) is 14.9 Å². The SMILES string of the molecule is COc1ccc(-c2nc(SCC(=O)Nc3nc4ccc(C)cc4s3)[nH]c(=O)c2C#N)cc1. The molecule has 0 unspecified atom stereocenters. The summed E-state index contributed by atoms with van der Waals surface area (Å²) >= 11 is 2.47. The number of amides is 1. The van der Waals surface area contributed by atoms with E-state index in [-0.39, 0.29) is 28.1 Å². The number of aromatic amines is 1. The fourth-order valence-electron chi connectivity index (χ4n) is 2.96. The zero-order valence-corrected chi connectivity index (χ0v) is 18.8. The van der Waals surface area contributed by atoms with Gasteiger partial charge in [-0.3, -0.25) is 9.59 Å². The van der Waals surface area contributed by atoms with Crippen LogP contribution in [0.25, 0.3) is 21.5 Å². The van der Waals surface area contributed by atoms with Crippen LogP contribution in [0.3, 0.4) is 0 Å². The summed E-state index contributed by atoms with van der Waals surface area (Å²) in [5, 5.41) is 12.9. The lowest BCUT2D eigenvalue weighted by Crippen LogP contribution is -2.17. The minimum absolute atomic E-state index is 0.0197. The number of nitrogens with one attached hydrogen (secondary N) is 2. The molecule has 32 heavy (non-hydrogen) atoms. The second-order valence-electron chi connectivity index (χ2n) is 6.76. The van der Waals surface area contributed by atoms with E-state index in [0.717, 1.165) is 27.5 Å². The molecule has 0 spiro atoms. The van der Waals surface area contributed by atoms with E-state index in [4.69, 9.17) is 4.74 Å². The summed E-state index contributed by atoms with van der Waals surface area (Å²) < 4.78 is 6.14. The quantitative estimate of drug-likeness (QED) is 0.328. The smallest absolute Gasteiger partial charge is 0.270 e. The number of fused-ring (bicyclic) bond motifs is 1. The minimum atomic E-state index is -0.558. The molecule has 4 aromatic rings. The number of methoxy groups -OCH3 is 1. The number of H-pyrrole nitrogens is 1. The van der Waals surface area contributed by atoms with E-state index < -0.39 is 5.56 Å². The molecule has 0 saturated heterocycles. The number of aryl methyl sites for hydroxylation is 1. The van der Waals surface area contributed by atoms with Gasteiger partial charge in [0.15, 0.2) is 10.3 Å². The maximum atomic E-state index is 12.4. The lowest BCUT2D eigenvalue weighted by molar-refractivity contribution is -0.113. The van der Waals surface area contributed by atoms with Gasteiger partial charge in [0.1, 0.15) is 17.4 Å². The Labute approximate surface area is 191 Å². The number of thioether (sulfide) groups is 1. The number of carbonyl (C=O) groups is 1. The third-order valence-corrected chi connectivity index (χ3v) is 6.31. The van der Waals surface area contributed by atoms with Crippen molar-refractivity contribution in [1.29, 1.82) is 5.26 Å². The van der Waals surface area contributed by atoms with Crippen molar-refractivity contribution < 1.29 is 9.53 Å². The Morgan fingerprint density at radius 1 is 1.25 bits per heavy atom. The number of hydrogen-bond donors (Lipinski definition) is 2. The fourth-order valence-corrected chi connectivity index (χ4v) is 4.60. The highest BCUT2D eigenvalue weighted by Crippen LogP contribution is 2.27. The van der Waals surface area contributed by atoms with Gasteiger partial charge in [-0.2, -0.15) is 5.26 Å². The molecule has 4 rings (SSSR count). The molecule has 0 atom stereocenters. The summed E-state index contributed by atoms with van der Waals surface area (Å²) in [7, 11) is 1.55. The van der Waals surface area contributed by atoms with Crippen molar-refractivity contribution in [3.8, 4) is 23.1 Å². The third kappa shape index (κ3) is 4.64. The highest BCUT2D eigenvalue weighted by atomic mass is 32.2. The van der Waals surface area contributed by atoms with Crippen LogP contribution < -0.4 is 15.6 Å². The normalized spacial score (nSPS) is 10.7. The van der Waals surface area contributed by atoms with Gasteiger partial charge in [-0.25, -0.2) is 9.97 Å². The van der Waals surface area contributed by atoms with E-state index in [2.05, 4.69) is 20.3 Å². The van der Waals surface area contributed by atoms with Crippen LogP contribution in [0.1, 0.15) is 11.1 Å². The Morgan fingerprint density at radius 2 is 2.03 bits per heavy atom. The van der Waals surface area contributed by atoms with Gasteiger partial charge in [-0.05, 0) is 48.9 Å². The largest absolute Gasteiger partial charge is 0.497 e. The zero-order valence-electron chi connectivity index (χ0n) is 17.1. The lowest BCUT2D eigenvalue weighted by atomic mass is 10.1. The Hall–Kier alpha value is -3.68. The molecule has 0 aliphatic heterocycles. The molecule has 0 fully saturated rings. The second kappa shape index (κ2) is 9.21. The van der Waals surface area contributed by atoms with Crippen molar-refractivity contribution in [2.75, 3.05) is 18.2 Å². The third-order valence-electron chi connectivity index (χ3n) is 4.50. The average molecular weight is 464 g/mol. The topological polar surface area (TPSA) is 121 Å². The van der Waals surface area contributed by atoms with Crippen molar-refractivity contribution >= 4 is 44.4 Å². The zero-order chi connectivity index (χ0) is 22.7. The Kier molecular flexibility index (Phi) is 6.20. The Bertz CT molecular complexity index is 1400. The minimum Gasteiger partial charge on any atom is -0.497 e. The molecule has 0 radical (unpaired) electrons. The van der Waals surface area contributed by atoms with Crippen molar-refractivity contribution in [2.45, 2.75) is 12.1 Å². The number of benzene rings is 2. The summed E-state index contributed by atoms with van der Waals surface area (Å²) in [5.41, 5.74) is 2.16. The number of rotatable bonds is 6. The number of ether oxygens (including phenoxy) is 1. The summed E-state index contributed by atoms with van der Waals surface area (Å²) in [4.78, 5) is 36.2. The van der Waals surface area contributed by atoms with Gasteiger partial charge in [0, 0.05) is 5.56 Å². The first-order valence-corrected chi connectivity index (χ1v) is 11.3. The first kappa shape index (κ1) is 21.5. The van der Waals surface area contributed by atoms with Crippen LogP contribution in [0, 0.1) is 18.3 Å². The predicted octanol–water partition coefficient (Wildman–Crippen LogP) is 3.97. The molecule has 0 aliphatic carbocycles. The number of nitriles is 1. The first-order chi connectivity index (χ1) is 15.5. The van der Waals surface area contributed by atoms with Crippen LogP contribution >= 0.6 is 23.1 Å². The molecular formula is C22H17N5O3S2. The fraction of sp³-hybridized carbons (Fsp3) is 0.136. The Balaban J connectivity index is 1.50. The molecule has 8 nitrogen and oxygen atoms in total. The van der Waals surface area contributed by atoms with Crippen LogP contribution in [0.2, 0.25) is 0 Å². The maximum Gasteiger partial charge on any atom is 0.270 e. The van der Waals surface area contributed by atoms with Crippen molar-refractivity contribution in [3.63, 3.8) is 0 Å². The van der Waals surface area contributed by atoms with Gasteiger partial charge in [-0.15, -0.1) is 0 Å². The number of hydrogen-bond acceptors (Lipinski definition) is 8. The molecular weight excluding hydrogens is 446 g/mol. The lowest BCUT2D eigenvalue weighted by Gasteiger charge is -2.07. The van der Waals surface area contributed by atoms with E-state index in [0.29, 0.717) is 16.4 Å². The highest BCUT2D eigenvalue weighted by Gasteiger charge is 2.15. The van der Waals surface area contributed by atoms with Gasteiger partial charge in [0.2, 0.25) is 5.91 Å². The molecule has 10 heteroatoms. The summed E-state index contributed by atoms with van der Waals surface area (Å²) in [5.74, 6) is 0.392. The molecule has 160 valence electrons. The molecule has 0 bridgehead atoms. The van der Waals surface area contributed by atoms with Gasteiger partial charge in [-0.1, -0.05) is 29.2 Å². The second-order valence-corrected chi connectivity index (χ2v) is 8.76. The molecule has 0 aliphatic rings. The van der Waals surface area contributed by atoms with Crippen LogP contribution in [0.5, 0.6) is 5.75 Å². The molecule has 0 saturated carbocycles. The number of anilines is 1. The number of carbonyl (C=O) groups excluding carboxylic acids is 1. The summed E-state index contributed by atoms with van der Waals surface area (Å²) in [6.07, 6.45) is 0. The van der Waals surface area contributed by atoms with E-state index in [1.807, 2.05) is 31.2 Å². The van der Waals surface area contributed by atoms with Gasteiger partial charge < -0.3 is 15.0 Å².